The van der Waals surface area contributed by atoms with E-state index in [4.69, 9.17) is 4.74 Å². The number of ether oxygens (including phenoxy) is 1. The highest BCUT2D eigenvalue weighted by Gasteiger charge is 2.41. The summed E-state index contributed by atoms with van der Waals surface area (Å²) in [6, 6.07) is 0. The van der Waals surface area contributed by atoms with Crippen LogP contribution in [-0.4, -0.2) is 37.7 Å². The van der Waals surface area contributed by atoms with E-state index in [-0.39, 0.29) is 24.0 Å². The van der Waals surface area contributed by atoms with Crippen molar-refractivity contribution >= 4 is 41.3 Å². The Hall–Kier alpha value is -0.410. The lowest BCUT2D eigenvalue weighted by molar-refractivity contribution is 0.128. The van der Waals surface area contributed by atoms with Crippen molar-refractivity contribution in [3.63, 3.8) is 0 Å². The third-order valence-electron chi connectivity index (χ3n) is 4.15. The van der Waals surface area contributed by atoms with Crippen molar-refractivity contribution in [2.75, 3.05) is 26.8 Å². The fourth-order valence-corrected chi connectivity index (χ4v) is 3.17. The number of hydrogen-bond acceptors (Lipinski definition) is 4. The normalized spacial score (nSPS) is 15.9. The SMILES string of the molecule is CCOCCC1(CNC(=NC)NCc2ncc(CC)s2)CC1.I. The van der Waals surface area contributed by atoms with Gasteiger partial charge in [-0.25, -0.2) is 4.98 Å². The summed E-state index contributed by atoms with van der Waals surface area (Å²) in [5, 5.41) is 7.91. The zero-order chi connectivity index (χ0) is 15.8. The molecule has 1 aromatic rings. The zero-order valence-electron chi connectivity index (χ0n) is 14.4. The predicted octanol–water partition coefficient (Wildman–Crippen LogP) is 3.20. The van der Waals surface area contributed by atoms with E-state index in [9.17, 15) is 0 Å². The number of nitrogens with one attached hydrogen (secondary N) is 2. The molecule has 1 aliphatic carbocycles. The lowest BCUT2D eigenvalue weighted by Gasteiger charge is -2.18. The number of aromatic nitrogens is 1. The molecule has 23 heavy (non-hydrogen) atoms. The smallest absolute Gasteiger partial charge is 0.191 e. The van der Waals surface area contributed by atoms with Crippen LogP contribution in [0.3, 0.4) is 0 Å². The molecule has 2 N–H and O–H groups in total. The van der Waals surface area contributed by atoms with Crippen molar-refractivity contribution in [2.24, 2.45) is 10.4 Å². The Balaban J connectivity index is 0.00000264. The second-order valence-electron chi connectivity index (χ2n) is 5.80. The van der Waals surface area contributed by atoms with Crippen LogP contribution in [0.1, 0.15) is 43.0 Å². The number of halogens is 1. The van der Waals surface area contributed by atoms with Gasteiger partial charge in [0.2, 0.25) is 0 Å². The van der Waals surface area contributed by atoms with E-state index in [0.717, 1.165) is 50.1 Å². The largest absolute Gasteiger partial charge is 0.382 e. The molecule has 0 spiro atoms. The highest BCUT2D eigenvalue weighted by Crippen LogP contribution is 2.48. The second-order valence-corrected chi connectivity index (χ2v) is 7.00. The van der Waals surface area contributed by atoms with Crippen LogP contribution in [0.15, 0.2) is 11.2 Å². The monoisotopic (exact) mass is 452 g/mol. The van der Waals surface area contributed by atoms with Crippen LogP contribution in [0.4, 0.5) is 0 Å². The fourth-order valence-electron chi connectivity index (χ4n) is 2.37. The maximum absolute atomic E-state index is 5.48. The second kappa shape index (κ2) is 10.5. The molecule has 0 aliphatic heterocycles. The van der Waals surface area contributed by atoms with Crippen molar-refractivity contribution in [3.05, 3.63) is 16.1 Å². The Labute approximate surface area is 160 Å². The number of guanidine groups is 1. The van der Waals surface area contributed by atoms with Crippen LogP contribution in [0.5, 0.6) is 0 Å². The molecule has 1 fully saturated rings. The Morgan fingerprint density at radius 3 is 2.74 bits per heavy atom. The Bertz CT molecular complexity index is 488. The summed E-state index contributed by atoms with van der Waals surface area (Å²) in [5.41, 5.74) is 0.420. The van der Waals surface area contributed by atoms with E-state index < -0.39 is 0 Å². The average molecular weight is 452 g/mol. The van der Waals surface area contributed by atoms with Crippen LogP contribution in [0, 0.1) is 5.41 Å². The molecule has 1 saturated carbocycles. The van der Waals surface area contributed by atoms with Gasteiger partial charge in [0.1, 0.15) is 5.01 Å². The molecule has 1 aromatic heterocycles. The molecule has 7 heteroatoms. The third kappa shape index (κ3) is 6.93. The third-order valence-corrected chi connectivity index (χ3v) is 5.29. The van der Waals surface area contributed by atoms with E-state index in [0.29, 0.717) is 5.41 Å². The van der Waals surface area contributed by atoms with Crippen LogP contribution in [0.2, 0.25) is 0 Å². The number of nitrogens with zero attached hydrogens (tertiary/aromatic N) is 2. The molecule has 0 bridgehead atoms. The molecule has 1 aliphatic rings. The van der Waals surface area contributed by atoms with Crippen LogP contribution < -0.4 is 10.6 Å². The molecule has 0 radical (unpaired) electrons. The number of rotatable bonds is 9. The number of thiazole rings is 1. The van der Waals surface area contributed by atoms with Gasteiger partial charge in [-0.2, -0.15) is 0 Å². The molecule has 0 aromatic carbocycles. The zero-order valence-corrected chi connectivity index (χ0v) is 17.5. The molecule has 132 valence electrons. The highest BCUT2D eigenvalue weighted by atomic mass is 127. The molecule has 0 saturated heterocycles. The average Bonchev–Trinajstić information content (AvgIpc) is 3.15. The highest BCUT2D eigenvalue weighted by molar-refractivity contribution is 14.0. The Morgan fingerprint density at radius 2 is 2.17 bits per heavy atom. The Kier molecular flexibility index (Phi) is 9.38. The standard InChI is InChI=1S/C16H28N4OS.HI/c1-4-13-10-18-14(22-13)11-19-15(17-3)20-12-16(6-7-16)8-9-21-5-2;/h10H,4-9,11-12H2,1-3H3,(H2,17,19,20);1H. The van der Waals surface area contributed by atoms with Gasteiger partial charge in [-0.1, -0.05) is 6.92 Å². The van der Waals surface area contributed by atoms with Crippen molar-refractivity contribution in [3.8, 4) is 0 Å². The van der Waals surface area contributed by atoms with E-state index in [2.05, 4.69) is 27.5 Å². The van der Waals surface area contributed by atoms with Gasteiger partial charge in [0.05, 0.1) is 6.54 Å². The summed E-state index contributed by atoms with van der Waals surface area (Å²) >= 11 is 1.76. The number of hydrogen-bond donors (Lipinski definition) is 2. The number of aliphatic imine (C=N–C) groups is 1. The summed E-state index contributed by atoms with van der Waals surface area (Å²) < 4.78 is 5.48. The first-order valence-electron chi connectivity index (χ1n) is 8.17. The summed E-state index contributed by atoms with van der Waals surface area (Å²) in [6.45, 7) is 7.58. The quantitative estimate of drug-likeness (QED) is 0.262. The van der Waals surface area contributed by atoms with Gasteiger partial charge in [0.25, 0.3) is 0 Å². The summed E-state index contributed by atoms with van der Waals surface area (Å²) in [5.74, 6) is 0.857. The number of aryl methyl sites for hydroxylation is 1. The molecule has 5 nitrogen and oxygen atoms in total. The predicted molar refractivity (Wildman–Crippen MR) is 108 cm³/mol. The molecule has 0 atom stereocenters. The van der Waals surface area contributed by atoms with Gasteiger partial charge in [-0.15, -0.1) is 35.3 Å². The van der Waals surface area contributed by atoms with Crippen molar-refractivity contribution < 1.29 is 4.74 Å². The first kappa shape index (κ1) is 20.6. The summed E-state index contributed by atoms with van der Waals surface area (Å²) in [6.07, 6.45) is 6.72. The maximum Gasteiger partial charge on any atom is 0.191 e. The van der Waals surface area contributed by atoms with Gasteiger partial charge < -0.3 is 15.4 Å². The van der Waals surface area contributed by atoms with Gasteiger partial charge in [-0.3, -0.25) is 4.99 Å². The molecule has 0 unspecified atom stereocenters. The van der Waals surface area contributed by atoms with Gasteiger partial charge >= 0.3 is 0 Å². The molecule has 1 heterocycles. The van der Waals surface area contributed by atoms with Crippen molar-refractivity contribution in [2.45, 2.75) is 46.1 Å². The van der Waals surface area contributed by atoms with Crippen LogP contribution >= 0.6 is 35.3 Å². The van der Waals surface area contributed by atoms with Crippen molar-refractivity contribution in [1.82, 2.24) is 15.6 Å². The van der Waals surface area contributed by atoms with Crippen LogP contribution in [-0.2, 0) is 17.7 Å². The lowest BCUT2D eigenvalue weighted by Crippen LogP contribution is -2.40. The first-order valence-corrected chi connectivity index (χ1v) is 8.99. The minimum Gasteiger partial charge on any atom is -0.382 e. The molecule has 2 rings (SSSR count). The molecular weight excluding hydrogens is 423 g/mol. The minimum absolute atomic E-state index is 0. The van der Waals surface area contributed by atoms with Gasteiger partial charge in [-0.05, 0) is 38.0 Å². The van der Waals surface area contributed by atoms with E-state index in [1.807, 2.05) is 20.2 Å². The van der Waals surface area contributed by atoms with E-state index in [1.54, 1.807) is 11.3 Å². The van der Waals surface area contributed by atoms with Crippen molar-refractivity contribution in [1.29, 1.82) is 0 Å². The van der Waals surface area contributed by atoms with Gasteiger partial charge in [0, 0.05) is 37.9 Å². The summed E-state index contributed by atoms with van der Waals surface area (Å²) in [7, 11) is 1.81. The summed E-state index contributed by atoms with van der Waals surface area (Å²) in [4.78, 5) is 10.0. The Morgan fingerprint density at radius 1 is 1.39 bits per heavy atom. The topological polar surface area (TPSA) is 58.5 Å². The van der Waals surface area contributed by atoms with E-state index in [1.165, 1.54) is 17.7 Å². The van der Waals surface area contributed by atoms with Crippen LogP contribution in [0.25, 0.3) is 0 Å². The first-order chi connectivity index (χ1) is 10.7. The maximum atomic E-state index is 5.48. The minimum atomic E-state index is 0. The van der Waals surface area contributed by atoms with E-state index >= 15 is 0 Å². The lowest BCUT2D eigenvalue weighted by atomic mass is 10.0. The molecule has 0 amide bonds. The van der Waals surface area contributed by atoms with Gasteiger partial charge in [0.15, 0.2) is 5.96 Å². The fraction of sp³-hybridized carbons (Fsp3) is 0.750. The molecular formula is C16H29IN4OS.